The van der Waals surface area contributed by atoms with Gasteiger partial charge in [0.2, 0.25) is 5.91 Å². The highest BCUT2D eigenvalue weighted by atomic mass is 32.1. The summed E-state index contributed by atoms with van der Waals surface area (Å²) in [5.74, 6) is 1.37. The summed E-state index contributed by atoms with van der Waals surface area (Å²) in [4.78, 5) is 20.4. The Morgan fingerprint density at radius 1 is 1.33 bits per heavy atom. The molecule has 0 radical (unpaired) electrons. The van der Waals surface area contributed by atoms with Crippen LogP contribution in [0.15, 0.2) is 22.5 Å². The first-order valence-electron chi connectivity index (χ1n) is 10.2. The number of nitrogens with one attached hydrogen (secondary N) is 2. The zero-order chi connectivity index (χ0) is 19.9. The molecule has 1 aliphatic heterocycles. The van der Waals surface area contributed by atoms with Crippen molar-refractivity contribution in [1.29, 1.82) is 0 Å². The van der Waals surface area contributed by atoms with E-state index in [-0.39, 0.29) is 11.3 Å². The van der Waals surface area contributed by atoms with Gasteiger partial charge in [0.05, 0.1) is 0 Å². The predicted molar refractivity (Wildman–Crippen MR) is 116 cm³/mol. The predicted octanol–water partition coefficient (Wildman–Crippen LogP) is 3.62. The summed E-state index contributed by atoms with van der Waals surface area (Å²) in [7, 11) is 1.82. The fourth-order valence-corrected chi connectivity index (χ4v) is 4.44. The number of aliphatic imine (C=N–C) groups is 1. The lowest BCUT2D eigenvalue weighted by Crippen LogP contribution is -2.51. The maximum Gasteiger partial charge on any atom is 0.225 e. The Morgan fingerprint density at radius 2 is 2.00 bits per heavy atom. The minimum Gasteiger partial charge on any atom is -0.356 e. The molecule has 1 fully saturated rings. The molecule has 1 aromatic rings. The monoisotopic (exact) mass is 392 g/mol. The number of piperidine rings is 1. The number of amides is 1. The second-order valence-corrected chi connectivity index (χ2v) is 8.99. The molecule has 27 heavy (non-hydrogen) atoms. The molecular formula is C21H36N4OS. The standard InChI is InChI=1S/C21H36N4OS/c1-6-16(7-2)19(26)25-12-10-17(11-13-25)24-20(22-5)23-15-21(3,4)18-9-8-14-27-18/h8-9,14,16-17H,6-7,10-13,15H2,1-5H3,(H2,22,23,24). The van der Waals surface area contributed by atoms with E-state index in [0.717, 1.165) is 51.3 Å². The van der Waals surface area contributed by atoms with Crippen molar-refractivity contribution in [3.05, 3.63) is 22.4 Å². The molecule has 0 aromatic carbocycles. The summed E-state index contributed by atoms with van der Waals surface area (Å²) in [6, 6.07) is 4.66. The van der Waals surface area contributed by atoms with Crippen molar-refractivity contribution in [3.63, 3.8) is 0 Å². The van der Waals surface area contributed by atoms with E-state index >= 15 is 0 Å². The fourth-order valence-electron chi connectivity index (χ4n) is 3.58. The SMILES string of the molecule is CCC(CC)C(=O)N1CCC(NC(=NC)NCC(C)(C)c2cccs2)CC1. The molecule has 0 saturated carbocycles. The third kappa shape index (κ3) is 5.96. The highest BCUT2D eigenvalue weighted by Gasteiger charge is 2.27. The number of nitrogens with zero attached hydrogens (tertiary/aromatic N) is 2. The first kappa shape index (κ1) is 21.7. The number of rotatable bonds is 7. The van der Waals surface area contributed by atoms with Gasteiger partial charge in [-0.05, 0) is 37.1 Å². The molecule has 1 saturated heterocycles. The zero-order valence-corrected chi connectivity index (χ0v) is 18.4. The van der Waals surface area contributed by atoms with E-state index in [1.807, 2.05) is 11.9 Å². The van der Waals surface area contributed by atoms with Crippen LogP contribution in [0.5, 0.6) is 0 Å². The Kier molecular flexibility index (Phi) is 8.14. The molecule has 1 aromatic heterocycles. The number of carbonyl (C=O) groups is 1. The molecule has 2 rings (SSSR count). The summed E-state index contributed by atoms with van der Waals surface area (Å²) in [5.41, 5.74) is 0.0664. The lowest BCUT2D eigenvalue weighted by Gasteiger charge is -2.35. The van der Waals surface area contributed by atoms with Gasteiger partial charge in [0.1, 0.15) is 0 Å². The normalized spacial score (nSPS) is 16.7. The first-order valence-corrected chi connectivity index (χ1v) is 11.1. The summed E-state index contributed by atoms with van der Waals surface area (Å²) in [6.07, 6.45) is 3.82. The minimum absolute atomic E-state index is 0.0664. The first-order chi connectivity index (χ1) is 12.9. The third-order valence-electron chi connectivity index (χ3n) is 5.59. The molecule has 6 heteroatoms. The molecule has 2 N–H and O–H groups in total. The van der Waals surface area contributed by atoms with E-state index in [0.29, 0.717) is 11.9 Å². The molecule has 0 spiro atoms. The van der Waals surface area contributed by atoms with Crippen molar-refractivity contribution in [2.45, 2.75) is 64.8 Å². The maximum atomic E-state index is 12.5. The Morgan fingerprint density at radius 3 is 2.52 bits per heavy atom. The fraction of sp³-hybridized carbons (Fsp3) is 0.714. The molecule has 0 bridgehead atoms. The van der Waals surface area contributed by atoms with Crippen LogP contribution in [0.25, 0.3) is 0 Å². The molecule has 1 aliphatic rings. The number of thiophene rings is 1. The zero-order valence-electron chi connectivity index (χ0n) is 17.5. The van der Waals surface area contributed by atoms with E-state index < -0.39 is 0 Å². The van der Waals surface area contributed by atoms with Gasteiger partial charge in [-0.1, -0.05) is 33.8 Å². The van der Waals surface area contributed by atoms with Gasteiger partial charge in [-0.15, -0.1) is 11.3 Å². The van der Waals surface area contributed by atoms with Crippen LogP contribution in [0, 0.1) is 5.92 Å². The van der Waals surface area contributed by atoms with Gasteiger partial charge in [0, 0.05) is 48.9 Å². The Bertz CT molecular complexity index is 600. The lowest BCUT2D eigenvalue weighted by molar-refractivity contribution is -0.136. The number of hydrogen-bond acceptors (Lipinski definition) is 3. The van der Waals surface area contributed by atoms with Crippen LogP contribution < -0.4 is 10.6 Å². The summed E-state index contributed by atoms with van der Waals surface area (Å²) >= 11 is 1.80. The number of guanidine groups is 1. The van der Waals surface area contributed by atoms with Crippen LogP contribution in [0.1, 0.15) is 58.3 Å². The molecule has 0 aliphatic carbocycles. The summed E-state index contributed by atoms with van der Waals surface area (Å²) in [5, 5.41) is 9.15. The van der Waals surface area contributed by atoms with Crippen molar-refractivity contribution >= 4 is 23.2 Å². The molecule has 5 nitrogen and oxygen atoms in total. The van der Waals surface area contributed by atoms with E-state index in [4.69, 9.17) is 0 Å². The van der Waals surface area contributed by atoms with E-state index in [9.17, 15) is 4.79 Å². The Balaban J connectivity index is 1.80. The second-order valence-electron chi connectivity index (χ2n) is 8.04. The van der Waals surface area contributed by atoms with Crippen LogP contribution in [0.2, 0.25) is 0 Å². The van der Waals surface area contributed by atoms with Crippen molar-refractivity contribution in [3.8, 4) is 0 Å². The largest absolute Gasteiger partial charge is 0.356 e. The second kappa shape index (κ2) is 10.1. The summed E-state index contributed by atoms with van der Waals surface area (Å²) in [6.45, 7) is 11.2. The van der Waals surface area contributed by atoms with Crippen LogP contribution in [-0.2, 0) is 10.2 Å². The van der Waals surface area contributed by atoms with Crippen LogP contribution in [0.4, 0.5) is 0 Å². The molecule has 1 amide bonds. The number of likely N-dealkylation sites (tertiary alicyclic amines) is 1. The molecule has 0 unspecified atom stereocenters. The molecular weight excluding hydrogens is 356 g/mol. The average molecular weight is 393 g/mol. The van der Waals surface area contributed by atoms with E-state index in [2.05, 4.69) is 60.8 Å². The van der Waals surface area contributed by atoms with Gasteiger partial charge < -0.3 is 15.5 Å². The van der Waals surface area contributed by atoms with Gasteiger partial charge >= 0.3 is 0 Å². The molecule has 2 heterocycles. The highest BCUT2D eigenvalue weighted by Crippen LogP contribution is 2.26. The van der Waals surface area contributed by atoms with Gasteiger partial charge in [0.15, 0.2) is 5.96 Å². The molecule has 0 atom stereocenters. The topological polar surface area (TPSA) is 56.7 Å². The van der Waals surface area contributed by atoms with Gasteiger partial charge in [-0.25, -0.2) is 0 Å². The van der Waals surface area contributed by atoms with Crippen LogP contribution >= 0.6 is 11.3 Å². The van der Waals surface area contributed by atoms with Gasteiger partial charge in [0.25, 0.3) is 0 Å². The third-order valence-corrected chi connectivity index (χ3v) is 6.83. The number of hydrogen-bond donors (Lipinski definition) is 2. The minimum atomic E-state index is 0.0664. The van der Waals surface area contributed by atoms with Crippen LogP contribution in [-0.4, -0.2) is 49.5 Å². The average Bonchev–Trinajstić information content (AvgIpc) is 3.22. The summed E-state index contributed by atoms with van der Waals surface area (Å²) < 4.78 is 0. The number of carbonyl (C=O) groups excluding carboxylic acids is 1. The van der Waals surface area contributed by atoms with Crippen molar-refractivity contribution in [2.24, 2.45) is 10.9 Å². The lowest BCUT2D eigenvalue weighted by atomic mass is 9.91. The van der Waals surface area contributed by atoms with Gasteiger partial charge in [-0.3, -0.25) is 9.79 Å². The van der Waals surface area contributed by atoms with Crippen molar-refractivity contribution in [2.75, 3.05) is 26.7 Å². The quantitative estimate of drug-likeness (QED) is 0.550. The smallest absolute Gasteiger partial charge is 0.225 e. The van der Waals surface area contributed by atoms with E-state index in [1.165, 1.54) is 4.88 Å². The maximum absolute atomic E-state index is 12.5. The van der Waals surface area contributed by atoms with Crippen molar-refractivity contribution in [1.82, 2.24) is 15.5 Å². The van der Waals surface area contributed by atoms with E-state index in [1.54, 1.807) is 11.3 Å². The molecule has 152 valence electrons. The Hall–Kier alpha value is -1.56. The van der Waals surface area contributed by atoms with Gasteiger partial charge in [-0.2, -0.15) is 0 Å². The highest BCUT2D eigenvalue weighted by molar-refractivity contribution is 7.10. The Labute approximate surface area is 168 Å². The van der Waals surface area contributed by atoms with Crippen LogP contribution in [0.3, 0.4) is 0 Å². The van der Waals surface area contributed by atoms with Crippen molar-refractivity contribution < 1.29 is 4.79 Å².